The van der Waals surface area contributed by atoms with E-state index in [0.29, 0.717) is 15.4 Å². The summed E-state index contributed by atoms with van der Waals surface area (Å²) in [4.78, 5) is 4.41. The van der Waals surface area contributed by atoms with Crippen LogP contribution in [0.1, 0.15) is 38.3 Å². The maximum Gasteiger partial charge on any atom is 0.216 e. The molecule has 1 unspecified atom stereocenters. The van der Waals surface area contributed by atoms with E-state index in [4.69, 9.17) is 4.74 Å². The van der Waals surface area contributed by atoms with Crippen LogP contribution in [0.5, 0.6) is 5.75 Å². The van der Waals surface area contributed by atoms with Gasteiger partial charge in [-0.2, -0.15) is 0 Å². The van der Waals surface area contributed by atoms with Crippen molar-refractivity contribution in [2.75, 3.05) is 19.9 Å². The molecule has 1 N–H and O–H groups in total. The molecule has 1 aromatic heterocycles. The van der Waals surface area contributed by atoms with Crippen LogP contribution in [0.4, 0.5) is 0 Å². The van der Waals surface area contributed by atoms with Crippen LogP contribution in [0, 0.1) is 0 Å². The number of benzene rings is 1. The number of thiazole rings is 1. The minimum atomic E-state index is -3.71. The van der Waals surface area contributed by atoms with Crippen molar-refractivity contribution in [2.24, 2.45) is 0 Å². The normalized spacial score (nSPS) is 15.7. The van der Waals surface area contributed by atoms with E-state index < -0.39 is 31.3 Å². The number of aromatic nitrogens is 1. The van der Waals surface area contributed by atoms with Gasteiger partial charge in [0.05, 0.1) is 34.1 Å². The van der Waals surface area contributed by atoms with E-state index in [1.807, 2.05) is 32.9 Å². The average molecular weight is 539 g/mol. The summed E-state index contributed by atoms with van der Waals surface area (Å²) < 4.78 is 48.8. The van der Waals surface area contributed by atoms with Crippen LogP contribution in [0.15, 0.2) is 34.2 Å². The third-order valence-electron chi connectivity index (χ3n) is 4.33. The number of methoxy groups -OCH3 is 1. The second-order valence-electron chi connectivity index (χ2n) is 8.15. The molecule has 0 aliphatic heterocycles. The van der Waals surface area contributed by atoms with Gasteiger partial charge in [0.15, 0.2) is 0 Å². The molecule has 2 rings (SSSR count). The maximum atomic E-state index is 13.2. The van der Waals surface area contributed by atoms with Crippen molar-refractivity contribution >= 4 is 48.3 Å². The molecule has 0 amide bonds. The van der Waals surface area contributed by atoms with Gasteiger partial charge in [0.2, 0.25) is 10.0 Å². The highest BCUT2D eigenvalue weighted by molar-refractivity contribution is 9.10. The van der Waals surface area contributed by atoms with E-state index in [0.717, 1.165) is 5.56 Å². The number of rotatable bonds is 9. The van der Waals surface area contributed by atoms with Gasteiger partial charge in [-0.25, -0.2) is 26.6 Å². The molecule has 1 heterocycles. The fourth-order valence-corrected chi connectivity index (χ4v) is 6.57. The van der Waals surface area contributed by atoms with Gasteiger partial charge in [-0.1, -0.05) is 12.1 Å². The van der Waals surface area contributed by atoms with Crippen LogP contribution in [0.25, 0.3) is 0 Å². The molecule has 2 atom stereocenters. The predicted octanol–water partition coefficient (Wildman–Crippen LogP) is 3.64. The fourth-order valence-electron chi connectivity index (χ4n) is 2.56. The lowest BCUT2D eigenvalue weighted by Gasteiger charge is -2.32. The van der Waals surface area contributed by atoms with Crippen LogP contribution in [-0.4, -0.2) is 46.6 Å². The van der Waals surface area contributed by atoms with Crippen molar-refractivity contribution < 1.29 is 17.4 Å². The Hall–Kier alpha value is -0.850. The van der Waals surface area contributed by atoms with Gasteiger partial charge >= 0.3 is 0 Å². The lowest BCUT2D eigenvalue weighted by atomic mass is 10.1. The van der Waals surface area contributed by atoms with Crippen molar-refractivity contribution in [3.63, 3.8) is 0 Å². The zero-order chi connectivity index (χ0) is 22.7. The molecule has 11 heteroatoms. The Morgan fingerprint density at radius 2 is 1.83 bits per heavy atom. The summed E-state index contributed by atoms with van der Waals surface area (Å²) in [7, 11) is -2.07. The molecule has 0 spiro atoms. The summed E-state index contributed by atoms with van der Waals surface area (Å²) in [6.45, 7) is 7.43. The summed E-state index contributed by atoms with van der Waals surface area (Å²) in [5, 5.41) is 2.33. The largest absolute Gasteiger partial charge is 0.497 e. The Labute approximate surface area is 194 Å². The monoisotopic (exact) mass is 537 g/mol. The zero-order valence-corrected chi connectivity index (χ0v) is 22.0. The third kappa shape index (κ3) is 6.57. The van der Waals surface area contributed by atoms with Crippen LogP contribution in [0.2, 0.25) is 0 Å². The van der Waals surface area contributed by atoms with E-state index in [9.17, 15) is 12.6 Å². The predicted molar refractivity (Wildman–Crippen MR) is 126 cm³/mol. The van der Waals surface area contributed by atoms with Gasteiger partial charge in [0, 0.05) is 19.0 Å². The molecular weight excluding hydrogens is 510 g/mol. The van der Waals surface area contributed by atoms with E-state index in [1.165, 1.54) is 15.6 Å². The van der Waals surface area contributed by atoms with Crippen LogP contribution in [0.3, 0.4) is 0 Å². The Morgan fingerprint density at radius 1 is 1.23 bits per heavy atom. The van der Waals surface area contributed by atoms with E-state index >= 15 is 0 Å². The minimum absolute atomic E-state index is 0.215. The van der Waals surface area contributed by atoms with Gasteiger partial charge in [-0.3, -0.25) is 0 Å². The molecular formula is C19H28BrN3O4S3. The van der Waals surface area contributed by atoms with Gasteiger partial charge < -0.3 is 4.74 Å². The topological polar surface area (TPSA) is 88.6 Å². The molecule has 1 aromatic carbocycles. The molecule has 0 fully saturated rings. The Kier molecular flexibility index (Phi) is 8.25. The Morgan fingerprint density at radius 3 is 2.30 bits per heavy atom. The van der Waals surface area contributed by atoms with E-state index in [1.54, 1.807) is 38.6 Å². The number of hydrogen-bond donors (Lipinski definition) is 1. The first-order chi connectivity index (χ1) is 13.8. The molecule has 0 aliphatic carbocycles. The number of halogens is 1. The van der Waals surface area contributed by atoms with Crippen molar-refractivity contribution in [3.05, 3.63) is 44.8 Å². The number of nitrogens with zero attached hydrogens (tertiary/aromatic N) is 2. The van der Waals surface area contributed by atoms with Crippen LogP contribution in [-0.2, 0) is 33.1 Å². The highest BCUT2D eigenvalue weighted by atomic mass is 79.9. The van der Waals surface area contributed by atoms with Crippen molar-refractivity contribution in [1.29, 1.82) is 0 Å². The molecule has 0 aliphatic rings. The first-order valence-electron chi connectivity index (χ1n) is 9.15. The van der Waals surface area contributed by atoms with Crippen molar-refractivity contribution in [1.82, 2.24) is 14.0 Å². The number of ether oxygens (including phenoxy) is 1. The van der Waals surface area contributed by atoms with Crippen molar-refractivity contribution in [2.45, 2.75) is 44.5 Å². The van der Waals surface area contributed by atoms with Crippen molar-refractivity contribution in [3.8, 4) is 5.75 Å². The quantitative estimate of drug-likeness (QED) is 0.527. The molecule has 30 heavy (non-hydrogen) atoms. The fraction of sp³-hybridized carbons (Fsp3) is 0.526. The molecule has 2 aromatic rings. The first kappa shape index (κ1) is 25.4. The van der Waals surface area contributed by atoms with Gasteiger partial charge in [0.1, 0.15) is 15.4 Å². The summed E-state index contributed by atoms with van der Waals surface area (Å²) in [6, 6.07) is 7.24. The number of sulfonamides is 1. The highest BCUT2D eigenvalue weighted by Crippen LogP contribution is 2.30. The molecule has 0 bridgehead atoms. The maximum absolute atomic E-state index is 13.2. The molecule has 0 radical (unpaired) electrons. The number of nitrogens with one attached hydrogen (secondary N) is 1. The number of hydrogen-bond acceptors (Lipinski definition) is 6. The Bertz CT molecular complexity index is 987. The van der Waals surface area contributed by atoms with Crippen LogP contribution < -0.4 is 9.46 Å². The van der Waals surface area contributed by atoms with Gasteiger partial charge in [-0.15, -0.1) is 11.3 Å². The van der Waals surface area contributed by atoms with Gasteiger partial charge in [-0.05, 0) is 61.3 Å². The highest BCUT2D eigenvalue weighted by Gasteiger charge is 2.40. The smallest absolute Gasteiger partial charge is 0.216 e. The zero-order valence-electron chi connectivity index (χ0n) is 17.9. The third-order valence-corrected chi connectivity index (χ3v) is 9.92. The van der Waals surface area contributed by atoms with E-state index in [-0.39, 0.29) is 12.3 Å². The standard InChI is InChI=1S/C19H28BrN3O4S3/c1-18(2,3)29(24)22-19(4,17-21-16(20)12-28-17)13-30(25,26)23(5)11-14-7-9-15(27-6)10-8-14/h7-10,12,22H,11,13H2,1-6H3/t19-,29?/m0/s1. The van der Waals surface area contributed by atoms with Gasteiger partial charge in [0.25, 0.3) is 0 Å². The van der Waals surface area contributed by atoms with Crippen LogP contribution >= 0.6 is 27.3 Å². The lowest BCUT2D eigenvalue weighted by molar-refractivity contribution is 0.413. The summed E-state index contributed by atoms with van der Waals surface area (Å²) >= 11 is 4.64. The lowest BCUT2D eigenvalue weighted by Crippen LogP contribution is -2.51. The Balaban J connectivity index is 2.28. The molecule has 0 saturated heterocycles. The second kappa shape index (κ2) is 9.74. The second-order valence-corrected chi connectivity index (χ2v) is 13.9. The molecule has 7 nitrogen and oxygen atoms in total. The summed E-state index contributed by atoms with van der Waals surface area (Å²) in [5.41, 5.74) is -0.284. The average Bonchev–Trinajstić information content (AvgIpc) is 3.08. The minimum Gasteiger partial charge on any atom is -0.497 e. The molecule has 168 valence electrons. The van der Waals surface area contributed by atoms with E-state index in [2.05, 4.69) is 25.6 Å². The summed E-state index contributed by atoms with van der Waals surface area (Å²) in [6.07, 6.45) is 0. The SMILES string of the molecule is COc1ccc(CN(C)S(=O)(=O)C[C@](C)(NS(=O)C(C)(C)C)c2nc(Br)cs2)cc1. The summed E-state index contributed by atoms with van der Waals surface area (Å²) in [5.74, 6) is 0.425. The first-order valence-corrected chi connectivity index (χ1v) is 13.6. The molecule has 0 saturated carbocycles.